The van der Waals surface area contributed by atoms with Crippen LogP contribution in [0.1, 0.15) is 11.4 Å². The maximum absolute atomic E-state index is 12.3. The number of benzene rings is 1. The molecule has 0 atom stereocenters. The topological polar surface area (TPSA) is 50.3 Å². The van der Waals surface area contributed by atoms with E-state index in [1.54, 1.807) is 36.5 Å². The average Bonchev–Trinajstić information content (AvgIpc) is 3.01. The molecule has 1 aliphatic heterocycles. The van der Waals surface area contributed by atoms with Gasteiger partial charge in [0.25, 0.3) is 5.91 Å². The molecule has 2 aromatic rings. The maximum Gasteiger partial charge on any atom is 0.261 e. The Hall–Kier alpha value is -2.27. The Labute approximate surface area is 114 Å². The van der Waals surface area contributed by atoms with E-state index in [4.69, 9.17) is 0 Å². The molecule has 1 fully saturated rings. The first-order valence-corrected chi connectivity index (χ1v) is 6.66. The molecular formula is C14H10N2O2S. The zero-order valence-corrected chi connectivity index (χ0v) is 10.8. The van der Waals surface area contributed by atoms with Gasteiger partial charge >= 0.3 is 0 Å². The highest BCUT2D eigenvalue weighted by Crippen LogP contribution is 2.27. The molecule has 3 rings (SSSR count). The second kappa shape index (κ2) is 4.78. The molecule has 94 valence electrons. The lowest BCUT2D eigenvalue weighted by Crippen LogP contribution is -2.28. The van der Waals surface area contributed by atoms with E-state index >= 15 is 0 Å². The molecule has 1 saturated heterocycles. The Bertz CT molecular complexity index is 647. The van der Waals surface area contributed by atoms with Crippen molar-refractivity contribution in [3.63, 3.8) is 0 Å². The number of hydrogen-bond acceptors (Lipinski definition) is 4. The van der Waals surface area contributed by atoms with Crippen molar-refractivity contribution < 1.29 is 9.59 Å². The van der Waals surface area contributed by atoms with E-state index in [9.17, 15) is 9.59 Å². The zero-order valence-electron chi connectivity index (χ0n) is 9.95. The van der Waals surface area contributed by atoms with Crippen LogP contribution >= 0.6 is 11.3 Å². The van der Waals surface area contributed by atoms with Crippen LogP contribution in [0.15, 0.2) is 47.5 Å². The summed E-state index contributed by atoms with van der Waals surface area (Å²) in [6, 6.07) is 8.96. The van der Waals surface area contributed by atoms with Gasteiger partial charge in [-0.2, -0.15) is 0 Å². The number of para-hydroxylation sites is 1. The summed E-state index contributed by atoms with van der Waals surface area (Å²) in [5.74, 6) is -0.453. The minimum absolute atomic E-state index is 0.132. The summed E-state index contributed by atoms with van der Waals surface area (Å²) in [6.07, 6.45) is 3.49. The smallest absolute Gasteiger partial charge is 0.261 e. The van der Waals surface area contributed by atoms with Crippen molar-refractivity contribution in [2.75, 3.05) is 4.90 Å². The van der Waals surface area contributed by atoms with Crippen molar-refractivity contribution >= 4 is 34.9 Å². The predicted molar refractivity (Wildman–Crippen MR) is 73.6 cm³/mol. The molecule has 0 aliphatic carbocycles. The number of thiazole rings is 1. The fraction of sp³-hybridized carbons (Fsp3) is 0.0714. The highest BCUT2D eigenvalue weighted by Gasteiger charge is 2.34. The van der Waals surface area contributed by atoms with Crippen molar-refractivity contribution in [1.82, 2.24) is 4.98 Å². The second-order valence-electron chi connectivity index (χ2n) is 4.09. The van der Waals surface area contributed by atoms with Crippen LogP contribution in [-0.2, 0) is 9.59 Å². The Kier molecular flexibility index (Phi) is 2.97. The average molecular weight is 270 g/mol. The lowest BCUT2D eigenvalue weighted by atomic mass is 10.2. The first-order chi connectivity index (χ1) is 9.25. The van der Waals surface area contributed by atoms with Gasteiger partial charge in [-0.15, -0.1) is 11.3 Å². The Morgan fingerprint density at radius 3 is 2.68 bits per heavy atom. The molecular weight excluding hydrogens is 260 g/mol. The molecule has 1 aromatic carbocycles. The molecule has 1 aliphatic rings. The maximum atomic E-state index is 12.3. The number of amides is 2. The van der Waals surface area contributed by atoms with Gasteiger partial charge in [0.2, 0.25) is 5.91 Å². The molecule has 0 saturated carbocycles. The third-order valence-electron chi connectivity index (χ3n) is 2.83. The summed E-state index contributed by atoms with van der Waals surface area (Å²) >= 11 is 1.44. The molecule has 0 bridgehead atoms. The third-order valence-corrected chi connectivity index (χ3v) is 3.55. The number of aromatic nitrogens is 1. The van der Waals surface area contributed by atoms with Crippen molar-refractivity contribution in [3.05, 3.63) is 52.5 Å². The molecule has 19 heavy (non-hydrogen) atoms. The molecule has 0 N–H and O–H groups in total. The summed E-state index contributed by atoms with van der Waals surface area (Å²) in [6.45, 7) is 0. The van der Waals surface area contributed by atoms with E-state index in [1.165, 1.54) is 16.2 Å². The second-order valence-corrected chi connectivity index (χ2v) is 5.01. The monoisotopic (exact) mass is 270 g/mol. The van der Waals surface area contributed by atoms with Crippen molar-refractivity contribution in [2.45, 2.75) is 6.42 Å². The summed E-state index contributed by atoms with van der Waals surface area (Å²) in [7, 11) is 0. The van der Waals surface area contributed by atoms with Crippen LogP contribution in [0.3, 0.4) is 0 Å². The molecule has 2 amide bonds. The van der Waals surface area contributed by atoms with E-state index in [2.05, 4.69) is 4.98 Å². The largest absolute Gasteiger partial charge is 0.274 e. The van der Waals surface area contributed by atoms with Gasteiger partial charge in [-0.25, -0.2) is 9.88 Å². The van der Waals surface area contributed by atoms with Crippen LogP contribution < -0.4 is 4.90 Å². The fourth-order valence-corrected chi connectivity index (χ4v) is 2.57. The van der Waals surface area contributed by atoms with Gasteiger partial charge in [-0.1, -0.05) is 18.2 Å². The van der Waals surface area contributed by atoms with Gasteiger partial charge in [0.15, 0.2) is 0 Å². The zero-order chi connectivity index (χ0) is 13.2. The normalized spacial score (nSPS) is 17.5. The van der Waals surface area contributed by atoms with E-state index in [1.807, 2.05) is 11.4 Å². The number of carbonyl (C=O) groups excluding carboxylic acids is 2. The van der Waals surface area contributed by atoms with Gasteiger partial charge in [0.1, 0.15) is 5.01 Å². The Morgan fingerprint density at radius 1 is 1.21 bits per heavy atom. The van der Waals surface area contributed by atoms with Crippen LogP contribution in [0.5, 0.6) is 0 Å². The molecule has 1 aromatic heterocycles. The lowest BCUT2D eigenvalue weighted by molar-refractivity contribution is -0.120. The third kappa shape index (κ3) is 2.20. The minimum Gasteiger partial charge on any atom is -0.274 e. The summed E-state index contributed by atoms with van der Waals surface area (Å²) in [5.41, 5.74) is 1.10. The van der Waals surface area contributed by atoms with Gasteiger partial charge in [0, 0.05) is 17.2 Å². The highest BCUT2D eigenvalue weighted by atomic mass is 32.1. The fourth-order valence-electron chi connectivity index (χ4n) is 1.98. The van der Waals surface area contributed by atoms with Crippen LogP contribution in [0.2, 0.25) is 0 Å². The van der Waals surface area contributed by atoms with Crippen molar-refractivity contribution in [3.8, 4) is 0 Å². The van der Waals surface area contributed by atoms with Crippen molar-refractivity contribution in [2.24, 2.45) is 0 Å². The van der Waals surface area contributed by atoms with E-state index < -0.39 is 0 Å². The first kappa shape index (κ1) is 11.8. The Balaban J connectivity index is 1.94. The van der Waals surface area contributed by atoms with E-state index in [-0.39, 0.29) is 18.2 Å². The SMILES string of the molecule is O=C1C/C(=C\c2nccs2)C(=O)N1c1ccccc1. The van der Waals surface area contributed by atoms with Crippen LogP contribution in [0.4, 0.5) is 5.69 Å². The lowest BCUT2D eigenvalue weighted by Gasteiger charge is -2.12. The molecule has 0 radical (unpaired) electrons. The standard InChI is InChI=1S/C14H10N2O2S/c17-13-9-10(8-12-15-6-7-19-12)14(18)16(13)11-4-2-1-3-5-11/h1-8H,9H2/b10-8+. The van der Waals surface area contributed by atoms with Gasteiger partial charge < -0.3 is 0 Å². The molecule has 0 spiro atoms. The van der Waals surface area contributed by atoms with Gasteiger partial charge in [0.05, 0.1) is 12.1 Å². The van der Waals surface area contributed by atoms with Crippen molar-refractivity contribution in [1.29, 1.82) is 0 Å². The summed E-state index contributed by atoms with van der Waals surface area (Å²) < 4.78 is 0. The number of nitrogens with zero attached hydrogens (tertiary/aromatic N) is 2. The predicted octanol–water partition coefficient (Wildman–Crippen LogP) is 2.49. The minimum atomic E-state index is -0.258. The molecule has 5 heteroatoms. The number of imide groups is 1. The van der Waals surface area contributed by atoms with Gasteiger partial charge in [-0.05, 0) is 18.2 Å². The van der Waals surface area contributed by atoms with Crippen LogP contribution in [0, 0.1) is 0 Å². The quantitative estimate of drug-likeness (QED) is 0.622. The number of rotatable bonds is 2. The van der Waals surface area contributed by atoms with E-state index in [0.717, 1.165) is 5.01 Å². The molecule has 0 unspecified atom stereocenters. The molecule has 2 heterocycles. The molecule has 4 nitrogen and oxygen atoms in total. The number of carbonyl (C=O) groups is 2. The Morgan fingerprint density at radius 2 is 2.00 bits per heavy atom. The number of hydrogen-bond donors (Lipinski definition) is 0. The van der Waals surface area contributed by atoms with Gasteiger partial charge in [-0.3, -0.25) is 9.59 Å². The number of anilines is 1. The van der Waals surface area contributed by atoms with Crippen LogP contribution in [-0.4, -0.2) is 16.8 Å². The summed E-state index contributed by atoms with van der Waals surface area (Å²) in [5, 5.41) is 2.58. The first-order valence-electron chi connectivity index (χ1n) is 5.78. The summed E-state index contributed by atoms with van der Waals surface area (Å²) in [4.78, 5) is 29.5. The highest BCUT2D eigenvalue weighted by molar-refractivity contribution is 7.10. The van der Waals surface area contributed by atoms with Crippen LogP contribution in [0.25, 0.3) is 6.08 Å². The van der Waals surface area contributed by atoms with E-state index in [0.29, 0.717) is 11.3 Å².